The second kappa shape index (κ2) is 8.41. The molecule has 130 valence electrons. The Labute approximate surface area is 150 Å². The third-order valence-corrected chi connectivity index (χ3v) is 2.91. The minimum Gasteiger partial charge on any atom is -0.484 e. The van der Waals surface area contributed by atoms with Gasteiger partial charge in [0.15, 0.2) is 6.61 Å². The predicted octanol–water partition coefficient (Wildman–Crippen LogP) is 5.11. The van der Waals surface area contributed by atoms with Crippen molar-refractivity contribution in [2.24, 2.45) is 0 Å². The fraction of sp³-hybridized carbons (Fsp3) is 0.143. The number of halogens is 6. The molecule has 0 N–H and O–H groups in total. The van der Waals surface area contributed by atoms with E-state index < -0.39 is 17.0 Å². The fourth-order valence-corrected chi connectivity index (χ4v) is 1.77. The van der Waals surface area contributed by atoms with Crippen molar-refractivity contribution in [3.8, 4) is 17.4 Å². The van der Waals surface area contributed by atoms with Gasteiger partial charge < -0.3 is 9.47 Å². The van der Waals surface area contributed by atoms with Gasteiger partial charge in [-0.05, 0) is 41.9 Å². The number of carbonyl (C=O) groups excluding carboxylic acids is 1. The number of alkyl halides is 3. The first-order valence-corrected chi connectivity index (χ1v) is 6.83. The zero-order valence-corrected chi connectivity index (χ0v) is 14.0. The Hall–Kier alpha value is -1.70. The van der Waals surface area contributed by atoms with Crippen molar-refractivity contribution in [2.75, 3.05) is 6.61 Å². The Kier molecular flexibility index (Phi) is 7.13. The van der Waals surface area contributed by atoms with E-state index in [1.165, 1.54) is 24.3 Å². The van der Waals surface area contributed by atoms with E-state index in [9.17, 15) is 18.0 Å². The fourth-order valence-electron chi connectivity index (χ4n) is 1.51. The smallest absolute Gasteiger partial charge is 0.417 e. The van der Waals surface area contributed by atoms with Crippen molar-refractivity contribution >= 4 is 40.9 Å². The Morgan fingerprint density at radius 1 is 1.17 bits per heavy atom. The molecule has 0 aliphatic rings. The average Bonchev–Trinajstić information content (AvgIpc) is 2.47. The number of hydrogen-bond acceptors (Lipinski definition) is 4. The molecule has 1 aromatic carbocycles. The first-order valence-electron chi connectivity index (χ1n) is 6.07. The van der Waals surface area contributed by atoms with E-state index in [2.05, 4.69) is 4.98 Å². The lowest BCUT2D eigenvalue weighted by atomic mass is 10.3. The zero-order valence-electron chi connectivity index (χ0n) is 11.6. The summed E-state index contributed by atoms with van der Waals surface area (Å²) in [5.41, 5.74) is -0.968. The molecule has 2 aromatic rings. The molecule has 0 aliphatic heterocycles. The van der Waals surface area contributed by atoms with Crippen molar-refractivity contribution < 1.29 is 27.4 Å². The summed E-state index contributed by atoms with van der Waals surface area (Å²) in [6.45, 7) is -0.284. The molecular weight excluding hydrogens is 394 g/mol. The highest BCUT2D eigenvalue weighted by molar-refractivity contribution is 6.63. The van der Waals surface area contributed by atoms with Crippen LogP contribution in [0.5, 0.6) is 17.4 Å². The van der Waals surface area contributed by atoms with Gasteiger partial charge in [-0.25, -0.2) is 4.98 Å². The monoisotopic (exact) mass is 401 g/mol. The van der Waals surface area contributed by atoms with Crippen LogP contribution < -0.4 is 9.47 Å². The summed E-state index contributed by atoms with van der Waals surface area (Å²) in [4.78, 5) is 14.1. The van der Waals surface area contributed by atoms with Gasteiger partial charge in [-0.1, -0.05) is 11.6 Å². The van der Waals surface area contributed by atoms with Gasteiger partial charge in [-0.3, -0.25) is 4.79 Å². The maximum absolute atomic E-state index is 12.5. The SMILES string of the molecule is Cl.O=C(Cl)COc1ccc(Oc2ncc(C(F)(F)F)cc2Cl)cc1. The average molecular weight is 403 g/mol. The minimum absolute atomic E-state index is 0. The van der Waals surface area contributed by atoms with Gasteiger partial charge in [0.25, 0.3) is 5.24 Å². The molecule has 10 heteroatoms. The van der Waals surface area contributed by atoms with Gasteiger partial charge in [0.2, 0.25) is 5.88 Å². The molecule has 0 fully saturated rings. The summed E-state index contributed by atoms with van der Waals surface area (Å²) in [5, 5.41) is -0.918. The zero-order chi connectivity index (χ0) is 17.0. The topological polar surface area (TPSA) is 48.4 Å². The summed E-state index contributed by atoms with van der Waals surface area (Å²) in [7, 11) is 0. The number of pyridine rings is 1. The normalized spacial score (nSPS) is 10.7. The predicted molar refractivity (Wildman–Crippen MR) is 84.4 cm³/mol. The third-order valence-electron chi connectivity index (χ3n) is 2.53. The second-order valence-corrected chi connectivity index (χ2v) is 5.05. The van der Waals surface area contributed by atoms with Gasteiger partial charge in [0, 0.05) is 6.20 Å². The molecular formula is C14H9Cl3F3NO3. The molecule has 0 aliphatic carbocycles. The summed E-state index contributed by atoms with van der Waals surface area (Å²) in [6, 6.07) is 6.67. The molecule has 0 radical (unpaired) electrons. The van der Waals surface area contributed by atoms with E-state index in [1.54, 1.807) is 0 Å². The summed E-state index contributed by atoms with van der Waals surface area (Å²) in [6.07, 6.45) is -3.90. The van der Waals surface area contributed by atoms with Crippen LogP contribution in [-0.2, 0) is 11.0 Å². The molecule has 0 bridgehead atoms. The number of aromatic nitrogens is 1. The lowest BCUT2D eigenvalue weighted by Gasteiger charge is -2.10. The Bertz CT molecular complexity index is 709. The van der Waals surface area contributed by atoms with Gasteiger partial charge in [-0.2, -0.15) is 13.2 Å². The highest BCUT2D eigenvalue weighted by atomic mass is 35.5. The second-order valence-electron chi connectivity index (χ2n) is 4.23. The van der Waals surface area contributed by atoms with Crippen molar-refractivity contribution in [1.82, 2.24) is 4.98 Å². The summed E-state index contributed by atoms with van der Waals surface area (Å²) in [5.74, 6) is 0.491. The maximum Gasteiger partial charge on any atom is 0.417 e. The molecule has 0 unspecified atom stereocenters. The number of hydrogen-bond donors (Lipinski definition) is 0. The van der Waals surface area contributed by atoms with Crippen LogP contribution in [0.25, 0.3) is 0 Å². The van der Waals surface area contributed by atoms with Crippen molar-refractivity contribution in [1.29, 1.82) is 0 Å². The van der Waals surface area contributed by atoms with Crippen LogP contribution in [0.1, 0.15) is 5.56 Å². The van der Waals surface area contributed by atoms with Gasteiger partial charge in [0.1, 0.15) is 16.5 Å². The van der Waals surface area contributed by atoms with E-state index >= 15 is 0 Å². The van der Waals surface area contributed by atoms with Crippen LogP contribution >= 0.6 is 35.6 Å². The van der Waals surface area contributed by atoms with Crippen LogP contribution in [-0.4, -0.2) is 16.8 Å². The van der Waals surface area contributed by atoms with Crippen LogP contribution in [0.2, 0.25) is 5.02 Å². The van der Waals surface area contributed by atoms with Crippen LogP contribution in [0, 0.1) is 0 Å². The molecule has 0 spiro atoms. The van der Waals surface area contributed by atoms with Crippen molar-refractivity contribution in [3.63, 3.8) is 0 Å². The summed E-state index contributed by atoms with van der Waals surface area (Å²) >= 11 is 10.9. The number of rotatable bonds is 5. The molecule has 0 amide bonds. The van der Waals surface area contributed by atoms with Gasteiger partial charge in [0.05, 0.1) is 5.56 Å². The molecule has 1 aromatic heterocycles. The molecule has 24 heavy (non-hydrogen) atoms. The molecule has 4 nitrogen and oxygen atoms in total. The third kappa shape index (κ3) is 5.74. The molecule has 0 saturated heterocycles. The number of benzene rings is 1. The first-order chi connectivity index (χ1) is 10.8. The quantitative estimate of drug-likeness (QED) is 0.652. The Morgan fingerprint density at radius 2 is 1.75 bits per heavy atom. The van der Waals surface area contributed by atoms with Crippen LogP contribution in [0.4, 0.5) is 13.2 Å². The number of ether oxygens (including phenoxy) is 2. The lowest BCUT2D eigenvalue weighted by Crippen LogP contribution is -2.05. The molecule has 1 heterocycles. The lowest BCUT2D eigenvalue weighted by molar-refractivity contribution is -0.137. The van der Waals surface area contributed by atoms with Gasteiger partial charge in [-0.15, -0.1) is 12.4 Å². The van der Waals surface area contributed by atoms with Crippen LogP contribution in [0.3, 0.4) is 0 Å². The Balaban J connectivity index is 0.00000288. The van der Waals surface area contributed by atoms with Gasteiger partial charge >= 0.3 is 6.18 Å². The van der Waals surface area contributed by atoms with E-state index in [0.29, 0.717) is 11.9 Å². The first kappa shape index (κ1) is 20.3. The van der Waals surface area contributed by atoms with E-state index in [-0.39, 0.29) is 35.7 Å². The van der Waals surface area contributed by atoms with Crippen molar-refractivity contribution in [3.05, 3.63) is 47.1 Å². The Morgan fingerprint density at radius 3 is 2.25 bits per heavy atom. The highest BCUT2D eigenvalue weighted by Crippen LogP contribution is 2.34. The van der Waals surface area contributed by atoms with E-state index in [4.69, 9.17) is 32.7 Å². The molecule has 0 saturated carbocycles. The number of carbonyl (C=O) groups is 1. The van der Waals surface area contributed by atoms with Crippen molar-refractivity contribution in [2.45, 2.75) is 6.18 Å². The maximum atomic E-state index is 12.5. The largest absolute Gasteiger partial charge is 0.484 e. The van der Waals surface area contributed by atoms with E-state index in [0.717, 1.165) is 6.07 Å². The number of nitrogens with zero attached hydrogens (tertiary/aromatic N) is 1. The van der Waals surface area contributed by atoms with Crippen LogP contribution in [0.15, 0.2) is 36.5 Å². The minimum atomic E-state index is -4.53. The summed E-state index contributed by atoms with van der Waals surface area (Å²) < 4.78 is 47.9. The highest BCUT2D eigenvalue weighted by Gasteiger charge is 2.31. The molecule has 0 atom stereocenters. The van der Waals surface area contributed by atoms with E-state index in [1.807, 2.05) is 0 Å². The molecule has 2 rings (SSSR count). The standard InChI is InChI=1S/C14H8Cl2F3NO3.ClH/c15-11-5-8(14(17,18)19)6-20-13(11)23-10-3-1-9(2-4-10)22-7-12(16)21;/h1-6H,7H2;1H.